The van der Waals surface area contributed by atoms with E-state index in [1.807, 2.05) is 28.9 Å². The molecular weight excluding hydrogens is 451 g/mol. The Balaban J connectivity index is 1.73. The number of fused-ring (bicyclic) bond motifs is 1. The molecule has 2 heterocycles. The summed E-state index contributed by atoms with van der Waals surface area (Å²) in [5, 5.41) is 5.66. The zero-order chi connectivity index (χ0) is 24.2. The third-order valence-electron chi connectivity index (χ3n) is 6.10. The molecule has 180 valence electrons. The van der Waals surface area contributed by atoms with Gasteiger partial charge in [-0.2, -0.15) is 5.10 Å². The minimum absolute atomic E-state index is 0.180. The maximum atomic E-state index is 13.8. The number of aromatic nitrogens is 2. The molecule has 7 heteroatoms. The number of hydrogen-bond donors (Lipinski definition) is 0. The predicted molar refractivity (Wildman–Crippen MR) is 134 cm³/mol. The van der Waals surface area contributed by atoms with Crippen molar-refractivity contribution in [3.05, 3.63) is 81.9 Å². The van der Waals surface area contributed by atoms with Gasteiger partial charge in [0, 0.05) is 42.2 Å². The maximum Gasteiger partial charge on any atom is 0.254 e. The second-order valence-corrected chi connectivity index (χ2v) is 9.82. The van der Waals surface area contributed by atoms with Crippen LogP contribution >= 0.6 is 11.6 Å². The number of nitrogens with zero attached hydrogens (tertiary/aromatic N) is 4. The fourth-order valence-electron chi connectivity index (χ4n) is 4.64. The Labute approximate surface area is 206 Å². The lowest BCUT2D eigenvalue weighted by Crippen LogP contribution is -2.35. The normalized spacial score (nSPS) is 13.8. The maximum absolute atomic E-state index is 13.8. The van der Waals surface area contributed by atoms with Crippen molar-refractivity contribution in [3.63, 3.8) is 0 Å². The first-order chi connectivity index (χ1) is 16.4. The Bertz CT molecular complexity index is 1160. The summed E-state index contributed by atoms with van der Waals surface area (Å²) < 4.78 is 15.8. The molecule has 1 aromatic heterocycles. The number of rotatable bonds is 8. The highest BCUT2D eigenvalue weighted by Crippen LogP contribution is 2.28. The molecule has 0 radical (unpaired) electrons. The first kappa shape index (κ1) is 24.4. The summed E-state index contributed by atoms with van der Waals surface area (Å²) >= 11 is 6.28. The molecule has 4 rings (SSSR count). The van der Waals surface area contributed by atoms with Crippen molar-refractivity contribution in [2.24, 2.45) is 5.92 Å². The molecule has 1 amide bonds. The van der Waals surface area contributed by atoms with Crippen molar-refractivity contribution in [1.82, 2.24) is 19.6 Å². The van der Waals surface area contributed by atoms with Crippen molar-refractivity contribution in [2.45, 2.75) is 46.7 Å². The van der Waals surface area contributed by atoms with Gasteiger partial charge < -0.3 is 4.90 Å². The van der Waals surface area contributed by atoms with Crippen LogP contribution in [0.25, 0.3) is 5.69 Å². The van der Waals surface area contributed by atoms with Gasteiger partial charge in [0.15, 0.2) is 0 Å². The lowest BCUT2D eigenvalue weighted by Gasteiger charge is -2.28. The number of carbonyl (C=O) groups excluding carboxylic acids is 1. The van der Waals surface area contributed by atoms with Crippen LogP contribution in [0.3, 0.4) is 0 Å². The van der Waals surface area contributed by atoms with E-state index in [2.05, 4.69) is 25.7 Å². The summed E-state index contributed by atoms with van der Waals surface area (Å²) in [7, 11) is 0. The molecule has 0 saturated carbocycles. The minimum Gasteiger partial charge on any atom is -0.332 e. The molecule has 0 aliphatic carbocycles. The van der Waals surface area contributed by atoms with Crippen molar-refractivity contribution >= 4 is 17.5 Å². The molecule has 3 aromatic rings. The standard InChI is InChI=1S/C27H32ClFN4O/c1-4-12-31-13-11-26-24(17-31)25(30-33(26)23-10-6-8-21(28)15-23)18-32(16-19(2)3)27(34)20-7-5-9-22(29)14-20/h5-10,14-15,19H,4,11-13,16-18H2,1-3H3. The second kappa shape index (κ2) is 10.7. The van der Waals surface area contributed by atoms with Crippen molar-refractivity contribution < 1.29 is 9.18 Å². The van der Waals surface area contributed by atoms with E-state index in [1.54, 1.807) is 17.0 Å². The minimum atomic E-state index is -0.409. The highest BCUT2D eigenvalue weighted by molar-refractivity contribution is 6.30. The van der Waals surface area contributed by atoms with E-state index >= 15 is 0 Å². The van der Waals surface area contributed by atoms with E-state index in [0.29, 0.717) is 23.7 Å². The summed E-state index contributed by atoms with van der Waals surface area (Å²) in [6, 6.07) is 13.6. The predicted octanol–water partition coefficient (Wildman–Crippen LogP) is 5.73. The zero-order valence-electron chi connectivity index (χ0n) is 20.1. The lowest BCUT2D eigenvalue weighted by molar-refractivity contribution is 0.0719. The van der Waals surface area contributed by atoms with Crippen molar-refractivity contribution in [3.8, 4) is 5.69 Å². The third kappa shape index (κ3) is 5.50. The molecule has 1 aliphatic heterocycles. The number of hydrogen-bond acceptors (Lipinski definition) is 3. The van der Waals surface area contributed by atoms with Crippen LogP contribution in [-0.4, -0.2) is 45.1 Å². The van der Waals surface area contributed by atoms with E-state index in [0.717, 1.165) is 43.9 Å². The van der Waals surface area contributed by atoms with E-state index in [1.165, 1.54) is 23.4 Å². The van der Waals surface area contributed by atoms with Gasteiger partial charge in [-0.15, -0.1) is 0 Å². The van der Waals surface area contributed by atoms with Gasteiger partial charge in [-0.05, 0) is 55.3 Å². The largest absolute Gasteiger partial charge is 0.332 e. The topological polar surface area (TPSA) is 41.4 Å². The first-order valence-electron chi connectivity index (χ1n) is 12.0. The molecule has 0 bridgehead atoms. The van der Waals surface area contributed by atoms with Gasteiger partial charge in [0.2, 0.25) is 0 Å². The molecule has 34 heavy (non-hydrogen) atoms. The molecule has 0 unspecified atom stereocenters. The highest BCUT2D eigenvalue weighted by atomic mass is 35.5. The average Bonchev–Trinajstić information content (AvgIpc) is 3.16. The van der Waals surface area contributed by atoms with Crippen LogP contribution in [0.2, 0.25) is 5.02 Å². The Morgan fingerprint density at radius 2 is 2.00 bits per heavy atom. The van der Waals surface area contributed by atoms with Crippen LogP contribution in [-0.2, 0) is 19.5 Å². The van der Waals surface area contributed by atoms with E-state index < -0.39 is 5.82 Å². The monoisotopic (exact) mass is 482 g/mol. The first-order valence-corrected chi connectivity index (χ1v) is 12.4. The number of amides is 1. The summed E-state index contributed by atoms with van der Waals surface area (Å²) in [5.74, 6) is -0.325. The smallest absolute Gasteiger partial charge is 0.254 e. The van der Waals surface area contributed by atoms with Gasteiger partial charge in [0.05, 0.1) is 23.6 Å². The highest BCUT2D eigenvalue weighted by Gasteiger charge is 2.28. The van der Waals surface area contributed by atoms with Crippen LogP contribution in [0.1, 0.15) is 54.5 Å². The van der Waals surface area contributed by atoms with Crippen LogP contribution in [0.15, 0.2) is 48.5 Å². The summed E-state index contributed by atoms with van der Waals surface area (Å²) in [5.41, 5.74) is 4.52. The molecule has 5 nitrogen and oxygen atoms in total. The SMILES string of the molecule is CCCN1CCc2c(c(CN(CC(C)C)C(=O)c3cccc(F)c3)nn2-c2cccc(Cl)c2)C1. The average molecular weight is 483 g/mol. The van der Waals surface area contributed by atoms with Crippen LogP contribution in [0.5, 0.6) is 0 Å². The molecule has 0 N–H and O–H groups in total. The molecule has 0 fully saturated rings. The van der Waals surface area contributed by atoms with Gasteiger partial charge >= 0.3 is 0 Å². The summed E-state index contributed by atoms with van der Waals surface area (Å²) in [6.45, 7) is 10.1. The van der Waals surface area contributed by atoms with Gasteiger partial charge in [-0.25, -0.2) is 9.07 Å². The lowest BCUT2D eigenvalue weighted by atomic mass is 10.0. The summed E-state index contributed by atoms with van der Waals surface area (Å²) in [6.07, 6.45) is 1.97. The van der Waals surface area contributed by atoms with Gasteiger partial charge in [0.25, 0.3) is 5.91 Å². The van der Waals surface area contributed by atoms with Gasteiger partial charge in [0.1, 0.15) is 5.82 Å². The molecule has 1 aliphatic rings. The summed E-state index contributed by atoms with van der Waals surface area (Å²) in [4.78, 5) is 17.6. The van der Waals surface area contributed by atoms with Crippen molar-refractivity contribution in [1.29, 1.82) is 0 Å². The van der Waals surface area contributed by atoms with Crippen LogP contribution in [0, 0.1) is 11.7 Å². The molecule has 0 saturated heterocycles. The third-order valence-corrected chi connectivity index (χ3v) is 6.33. The molecule has 2 aromatic carbocycles. The number of halogens is 2. The fourth-order valence-corrected chi connectivity index (χ4v) is 4.83. The van der Waals surface area contributed by atoms with Gasteiger partial charge in [-0.1, -0.05) is 44.5 Å². The molecular formula is C27H32ClFN4O. The Kier molecular flexibility index (Phi) is 7.69. The fraction of sp³-hybridized carbons (Fsp3) is 0.407. The molecule has 0 spiro atoms. The Morgan fingerprint density at radius 1 is 1.21 bits per heavy atom. The quantitative estimate of drug-likeness (QED) is 0.411. The molecule has 0 atom stereocenters. The van der Waals surface area contributed by atoms with Crippen LogP contribution < -0.4 is 0 Å². The van der Waals surface area contributed by atoms with E-state index in [4.69, 9.17) is 16.7 Å². The van der Waals surface area contributed by atoms with Crippen molar-refractivity contribution in [2.75, 3.05) is 19.6 Å². The van der Waals surface area contributed by atoms with Gasteiger partial charge in [-0.3, -0.25) is 9.69 Å². The van der Waals surface area contributed by atoms with E-state index in [-0.39, 0.29) is 11.8 Å². The Morgan fingerprint density at radius 3 is 2.71 bits per heavy atom. The Hall–Kier alpha value is -2.70. The van der Waals surface area contributed by atoms with Crippen LogP contribution in [0.4, 0.5) is 4.39 Å². The zero-order valence-corrected chi connectivity index (χ0v) is 20.9. The number of carbonyl (C=O) groups is 1. The van der Waals surface area contributed by atoms with E-state index in [9.17, 15) is 9.18 Å². The number of benzene rings is 2. The second-order valence-electron chi connectivity index (χ2n) is 9.38.